The highest BCUT2D eigenvalue weighted by molar-refractivity contribution is 7.89. The first-order valence-corrected chi connectivity index (χ1v) is 13.1. The fourth-order valence-corrected chi connectivity index (χ4v) is 6.08. The van der Waals surface area contributed by atoms with Crippen molar-refractivity contribution < 1.29 is 17.6 Å². The van der Waals surface area contributed by atoms with E-state index in [1.807, 2.05) is 19.1 Å². The van der Waals surface area contributed by atoms with Gasteiger partial charge in [0.05, 0.1) is 17.2 Å². The summed E-state index contributed by atoms with van der Waals surface area (Å²) in [6, 6.07) is 8.51. The van der Waals surface area contributed by atoms with Gasteiger partial charge in [-0.25, -0.2) is 13.1 Å². The number of sulfonamides is 1. The second-order valence-electron chi connectivity index (χ2n) is 8.92. The van der Waals surface area contributed by atoms with E-state index < -0.39 is 10.0 Å². The minimum atomic E-state index is -3.67. The van der Waals surface area contributed by atoms with Crippen molar-refractivity contribution in [2.75, 3.05) is 19.6 Å². The number of carbonyl (C=O) groups excluding carboxylic acids is 1. The Bertz CT molecular complexity index is 1010. The summed E-state index contributed by atoms with van der Waals surface area (Å²) < 4.78 is 34.3. The Labute approximate surface area is 190 Å². The number of nitrogens with zero attached hydrogens (tertiary/aromatic N) is 1. The minimum Gasteiger partial charge on any atom is -0.468 e. The number of aryl methyl sites for hydroxylation is 1. The Morgan fingerprint density at radius 2 is 1.88 bits per heavy atom. The number of carbonyl (C=O) groups is 1. The van der Waals surface area contributed by atoms with Crippen LogP contribution in [0.4, 0.5) is 0 Å². The number of likely N-dealkylation sites (tertiary alicyclic amines) is 1. The molecule has 1 aromatic carbocycles. The summed E-state index contributed by atoms with van der Waals surface area (Å²) in [6.45, 7) is 4.18. The molecule has 1 aliphatic heterocycles. The lowest BCUT2D eigenvalue weighted by Crippen LogP contribution is -2.37. The van der Waals surface area contributed by atoms with Gasteiger partial charge < -0.3 is 9.73 Å². The molecule has 0 bridgehead atoms. The van der Waals surface area contributed by atoms with Crippen LogP contribution < -0.4 is 10.0 Å². The van der Waals surface area contributed by atoms with Crippen LogP contribution in [0.5, 0.6) is 0 Å². The SMILES string of the molecule is Cc1ccc(S(=O)(=O)NC2CCCCC2)cc1C(=O)NC[C@@H](c1ccco1)N1CCCC1. The van der Waals surface area contributed by atoms with Crippen LogP contribution in [0.2, 0.25) is 0 Å². The number of furan rings is 1. The molecule has 1 amide bonds. The molecular weight excluding hydrogens is 426 g/mol. The summed E-state index contributed by atoms with van der Waals surface area (Å²) in [7, 11) is -3.67. The maximum atomic E-state index is 13.0. The monoisotopic (exact) mass is 459 g/mol. The van der Waals surface area contributed by atoms with E-state index in [-0.39, 0.29) is 22.9 Å². The number of hydrogen-bond acceptors (Lipinski definition) is 5. The lowest BCUT2D eigenvalue weighted by Gasteiger charge is -2.26. The van der Waals surface area contributed by atoms with Crippen LogP contribution >= 0.6 is 0 Å². The smallest absolute Gasteiger partial charge is 0.251 e. The number of nitrogens with one attached hydrogen (secondary N) is 2. The normalized spacial score (nSPS) is 19.2. The first kappa shape index (κ1) is 23.0. The molecule has 2 N–H and O–H groups in total. The van der Waals surface area contributed by atoms with Gasteiger partial charge in [-0.1, -0.05) is 25.3 Å². The zero-order valence-corrected chi connectivity index (χ0v) is 19.5. The van der Waals surface area contributed by atoms with Crippen LogP contribution in [0, 0.1) is 6.92 Å². The Balaban J connectivity index is 1.47. The van der Waals surface area contributed by atoms with Gasteiger partial charge in [-0.2, -0.15) is 0 Å². The van der Waals surface area contributed by atoms with Gasteiger partial charge in [-0.05, 0) is 75.5 Å². The molecule has 0 spiro atoms. The molecule has 0 unspecified atom stereocenters. The van der Waals surface area contributed by atoms with Gasteiger partial charge in [0.2, 0.25) is 10.0 Å². The number of benzene rings is 1. The highest BCUT2D eigenvalue weighted by Gasteiger charge is 2.27. The van der Waals surface area contributed by atoms with Gasteiger partial charge in [0, 0.05) is 18.2 Å². The third kappa shape index (κ3) is 5.42. The second-order valence-corrected chi connectivity index (χ2v) is 10.6. The van der Waals surface area contributed by atoms with Crippen molar-refractivity contribution in [3.8, 4) is 0 Å². The Morgan fingerprint density at radius 1 is 1.12 bits per heavy atom. The zero-order chi connectivity index (χ0) is 22.6. The molecule has 1 atom stereocenters. The highest BCUT2D eigenvalue weighted by Crippen LogP contribution is 2.25. The van der Waals surface area contributed by atoms with Gasteiger partial charge >= 0.3 is 0 Å². The first-order valence-electron chi connectivity index (χ1n) is 11.6. The summed E-state index contributed by atoms with van der Waals surface area (Å²) in [4.78, 5) is 15.5. The van der Waals surface area contributed by atoms with Crippen LogP contribution in [0.1, 0.15) is 72.7 Å². The van der Waals surface area contributed by atoms with E-state index in [4.69, 9.17) is 4.42 Å². The van der Waals surface area contributed by atoms with Crippen molar-refractivity contribution in [3.05, 3.63) is 53.5 Å². The third-order valence-electron chi connectivity index (χ3n) is 6.60. The number of rotatable bonds is 8. The second kappa shape index (κ2) is 10.2. The first-order chi connectivity index (χ1) is 15.4. The van der Waals surface area contributed by atoms with Crippen molar-refractivity contribution in [2.45, 2.75) is 68.8 Å². The van der Waals surface area contributed by atoms with Gasteiger partial charge in [0.1, 0.15) is 5.76 Å². The predicted molar refractivity (Wildman–Crippen MR) is 123 cm³/mol. The molecule has 1 aromatic heterocycles. The summed E-state index contributed by atoms with van der Waals surface area (Å²) in [6.07, 6.45) is 8.90. The standard InChI is InChI=1S/C24H33N3O4S/c1-18-11-12-20(32(29,30)26-19-8-3-2-4-9-19)16-21(18)24(28)25-17-22(23-10-7-15-31-23)27-13-5-6-14-27/h7,10-12,15-16,19,22,26H,2-6,8-9,13-14,17H2,1H3,(H,25,28)/t22-/m0/s1. The van der Waals surface area contributed by atoms with E-state index in [2.05, 4.69) is 14.9 Å². The van der Waals surface area contributed by atoms with Crippen molar-refractivity contribution in [1.82, 2.24) is 14.9 Å². The molecule has 2 fully saturated rings. The van der Waals surface area contributed by atoms with Crippen LogP contribution in [0.3, 0.4) is 0 Å². The molecule has 2 heterocycles. The molecule has 4 rings (SSSR count). The van der Waals surface area contributed by atoms with Gasteiger partial charge in [0.15, 0.2) is 0 Å². The molecular formula is C24H33N3O4S. The maximum Gasteiger partial charge on any atom is 0.251 e. The number of amides is 1. The van der Waals surface area contributed by atoms with E-state index in [0.717, 1.165) is 69.4 Å². The Hall–Kier alpha value is -2.16. The fraction of sp³-hybridized carbons (Fsp3) is 0.542. The molecule has 1 saturated carbocycles. The fourth-order valence-electron chi connectivity index (χ4n) is 4.75. The highest BCUT2D eigenvalue weighted by atomic mass is 32.2. The van der Waals surface area contributed by atoms with Crippen LogP contribution in [0.15, 0.2) is 45.9 Å². The quantitative estimate of drug-likeness (QED) is 0.627. The van der Waals surface area contributed by atoms with E-state index >= 15 is 0 Å². The van der Waals surface area contributed by atoms with Gasteiger partial charge in [-0.3, -0.25) is 9.69 Å². The third-order valence-corrected chi connectivity index (χ3v) is 8.12. The Morgan fingerprint density at radius 3 is 2.56 bits per heavy atom. The topological polar surface area (TPSA) is 91.6 Å². The minimum absolute atomic E-state index is 0.0261. The molecule has 7 nitrogen and oxygen atoms in total. The number of hydrogen-bond donors (Lipinski definition) is 2. The molecule has 32 heavy (non-hydrogen) atoms. The van der Waals surface area contributed by atoms with Crippen molar-refractivity contribution >= 4 is 15.9 Å². The van der Waals surface area contributed by atoms with Crippen LogP contribution in [0.25, 0.3) is 0 Å². The predicted octanol–water partition coefficient (Wildman–Crippen LogP) is 3.77. The maximum absolute atomic E-state index is 13.0. The summed E-state index contributed by atoms with van der Waals surface area (Å²) in [5.74, 6) is 0.560. The van der Waals surface area contributed by atoms with Crippen molar-refractivity contribution in [1.29, 1.82) is 0 Å². The lowest BCUT2D eigenvalue weighted by molar-refractivity contribution is 0.0933. The molecule has 0 radical (unpaired) electrons. The average Bonchev–Trinajstić information content (AvgIpc) is 3.49. The molecule has 2 aliphatic rings. The lowest BCUT2D eigenvalue weighted by atomic mass is 9.96. The van der Waals surface area contributed by atoms with E-state index in [0.29, 0.717) is 12.1 Å². The molecule has 2 aromatic rings. The van der Waals surface area contributed by atoms with Crippen LogP contribution in [-0.2, 0) is 10.0 Å². The summed E-state index contributed by atoms with van der Waals surface area (Å²) >= 11 is 0. The van der Waals surface area contributed by atoms with Crippen molar-refractivity contribution in [2.24, 2.45) is 0 Å². The molecule has 8 heteroatoms. The molecule has 1 aliphatic carbocycles. The van der Waals surface area contributed by atoms with E-state index in [1.165, 1.54) is 6.07 Å². The largest absolute Gasteiger partial charge is 0.468 e. The summed E-state index contributed by atoms with van der Waals surface area (Å²) in [5, 5.41) is 3.01. The molecule has 174 valence electrons. The van der Waals surface area contributed by atoms with E-state index in [1.54, 1.807) is 18.4 Å². The van der Waals surface area contributed by atoms with E-state index in [9.17, 15) is 13.2 Å². The van der Waals surface area contributed by atoms with Crippen molar-refractivity contribution in [3.63, 3.8) is 0 Å². The Kier molecular flexibility index (Phi) is 7.33. The van der Waals surface area contributed by atoms with Crippen LogP contribution in [-0.4, -0.2) is 44.9 Å². The molecule has 1 saturated heterocycles. The van der Waals surface area contributed by atoms with Gasteiger partial charge in [0.25, 0.3) is 5.91 Å². The van der Waals surface area contributed by atoms with Gasteiger partial charge in [-0.15, -0.1) is 0 Å². The zero-order valence-electron chi connectivity index (χ0n) is 18.7. The summed E-state index contributed by atoms with van der Waals surface area (Å²) in [5.41, 5.74) is 1.13. The average molecular weight is 460 g/mol.